The number of aromatic nitrogens is 2. The zero-order valence-electron chi connectivity index (χ0n) is 19.2. The number of halogens is 1. The minimum Gasteiger partial charge on any atom is -0.740 e. The second-order valence-corrected chi connectivity index (χ2v) is 10.2. The number of hydrogen-bond acceptors (Lipinski definition) is 7. The van der Waals surface area contributed by atoms with Crippen molar-refractivity contribution in [1.82, 2.24) is 4.98 Å². The molecule has 0 fully saturated rings. The molecular weight excluding hydrogens is 469 g/mol. The average molecular weight is 498 g/mol. The number of sulfonamides is 1. The number of hydrogen-bond donors (Lipinski definition) is 3. The van der Waals surface area contributed by atoms with Crippen molar-refractivity contribution < 1.29 is 37.7 Å². The van der Waals surface area contributed by atoms with Gasteiger partial charge in [0.05, 0.1) is 43.2 Å². The summed E-state index contributed by atoms with van der Waals surface area (Å²) in [6, 6.07) is 5.22. The molecule has 0 bridgehead atoms. The van der Waals surface area contributed by atoms with Crippen molar-refractivity contribution in [1.29, 1.82) is 0 Å². The Balaban J connectivity index is 2.70. The predicted molar refractivity (Wildman–Crippen MR) is 124 cm³/mol. The van der Waals surface area contributed by atoms with Crippen LogP contribution in [0.3, 0.4) is 0 Å². The minimum atomic E-state index is -3.83. The van der Waals surface area contributed by atoms with E-state index in [2.05, 4.69) is 4.98 Å². The van der Waals surface area contributed by atoms with Crippen molar-refractivity contribution in [2.24, 2.45) is 0 Å². The molecule has 34 heavy (non-hydrogen) atoms. The van der Waals surface area contributed by atoms with Crippen molar-refractivity contribution >= 4 is 28.0 Å². The van der Waals surface area contributed by atoms with E-state index in [4.69, 9.17) is 5.11 Å². The van der Waals surface area contributed by atoms with Gasteiger partial charge in [0.25, 0.3) is 10.0 Å². The first-order valence-electron chi connectivity index (χ1n) is 10.4. The molecule has 0 aliphatic rings. The standard InChI is InChI=1S/C22H28FN3O7S/c1-13(2)21-18(10-9-16(27)11-17(28)12-19(29)30)20(14-5-7-15(23)8-6-14)24-22(26(21)31)25(3)34(4,32)33/h5-10,13,16-17,27-28H,11-12H2,1-4H3,(H,29,30)/b10-9+/t16-,17-/m1/s1. The quantitative estimate of drug-likeness (QED) is 0.331. The highest BCUT2D eigenvalue weighted by molar-refractivity contribution is 7.92. The van der Waals surface area contributed by atoms with E-state index in [1.54, 1.807) is 13.8 Å². The van der Waals surface area contributed by atoms with Crippen LogP contribution in [0.25, 0.3) is 17.3 Å². The topological polar surface area (TPSA) is 155 Å². The first-order valence-corrected chi connectivity index (χ1v) is 12.2. The molecule has 1 aromatic carbocycles. The van der Waals surface area contributed by atoms with E-state index in [1.807, 2.05) is 0 Å². The number of aliphatic hydroxyl groups is 2. The summed E-state index contributed by atoms with van der Waals surface area (Å²) < 4.78 is 38.9. The van der Waals surface area contributed by atoms with E-state index >= 15 is 0 Å². The zero-order chi connectivity index (χ0) is 25.8. The summed E-state index contributed by atoms with van der Waals surface area (Å²) in [5, 5.41) is 42.0. The molecule has 0 aliphatic carbocycles. The molecule has 0 spiro atoms. The fraction of sp³-hybridized carbons (Fsp3) is 0.409. The molecule has 10 nitrogen and oxygen atoms in total. The summed E-state index contributed by atoms with van der Waals surface area (Å²) in [6.07, 6.45) is 0.274. The first kappa shape index (κ1) is 27.2. The van der Waals surface area contributed by atoms with Gasteiger partial charge in [0.15, 0.2) is 5.69 Å². The Morgan fingerprint density at radius 3 is 2.35 bits per heavy atom. The Hall–Kier alpha value is -3.09. The molecule has 0 saturated carbocycles. The van der Waals surface area contributed by atoms with Crippen LogP contribution in [-0.2, 0) is 14.8 Å². The molecule has 2 atom stereocenters. The molecule has 186 valence electrons. The van der Waals surface area contributed by atoms with Crippen LogP contribution in [-0.4, -0.2) is 60.2 Å². The fourth-order valence-corrected chi connectivity index (χ4v) is 3.69. The molecule has 0 radical (unpaired) electrons. The van der Waals surface area contributed by atoms with Crippen LogP contribution < -0.4 is 9.04 Å². The molecule has 1 heterocycles. The number of aliphatic hydroxyl groups excluding tert-OH is 2. The van der Waals surface area contributed by atoms with E-state index in [9.17, 15) is 33.0 Å². The summed E-state index contributed by atoms with van der Waals surface area (Å²) in [4.78, 5) is 15.0. The maximum atomic E-state index is 13.5. The Morgan fingerprint density at radius 1 is 1.26 bits per heavy atom. The second-order valence-electron chi connectivity index (χ2n) is 8.16. The van der Waals surface area contributed by atoms with Crippen LogP contribution in [0.1, 0.15) is 43.9 Å². The monoisotopic (exact) mass is 497 g/mol. The summed E-state index contributed by atoms with van der Waals surface area (Å²) in [7, 11) is -2.64. The van der Waals surface area contributed by atoms with Gasteiger partial charge in [0.2, 0.25) is 0 Å². The van der Waals surface area contributed by atoms with Crippen molar-refractivity contribution in [2.75, 3.05) is 17.6 Å². The highest BCUT2D eigenvalue weighted by atomic mass is 32.2. The second kappa shape index (κ2) is 10.9. The highest BCUT2D eigenvalue weighted by Crippen LogP contribution is 2.30. The van der Waals surface area contributed by atoms with Gasteiger partial charge in [-0.1, -0.05) is 24.9 Å². The lowest BCUT2D eigenvalue weighted by Crippen LogP contribution is -2.44. The van der Waals surface area contributed by atoms with Crippen LogP contribution >= 0.6 is 0 Å². The normalized spacial score (nSPS) is 13.9. The third-order valence-electron chi connectivity index (χ3n) is 5.00. The van der Waals surface area contributed by atoms with Gasteiger partial charge in [-0.25, -0.2) is 9.12 Å². The lowest BCUT2D eigenvalue weighted by Gasteiger charge is -2.23. The average Bonchev–Trinajstić information content (AvgIpc) is 2.70. The van der Waals surface area contributed by atoms with Gasteiger partial charge >= 0.3 is 11.9 Å². The molecule has 1 aromatic heterocycles. The lowest BCUT2D eigenvalue weighted by atomic mass is 9.97. The van der Waals surface area contributed by atoms with Crippen LogP contribution in [0.5, 0.6) is 0 Å². The van der Waals surface area contributed by atoms with Crippen LogP contribution in [0.15, 0.2) is 30.3 Å². The number of benzene rings is 1. The molecule has 0 amide bonds. The molecule has 0 saturated heterocycles. The SMILES string of the molecule is CC(C)c1c(/C=C/[C@@H](O)C[C@@H](O)CC(=O)O)c(-c2ccc(F)cc2)nc(N(C)S(C)(=O)=O)[n+]1[O-]. The summed E-state index contributed by atoms with van der Waals surface area (Å²) in [5.41, 5.74) is 0.978. The molecule has 12 heteroatoms. The molecular formula is C22H28FN3O7S. The Morgan fingerprint density at radius 2 is 1.85 bits per heavy atom. The van der Waals surface area contributed by atoms with Crippen LogP contribution in [0.2, 0.25) is 0 Å². The van der Waals surface area contributed by atoms with Crippen molar-refractivity contribution in [3.8, 4) is 11.3 Å². The van der Waals surface area contributed by atoms with E-state index in [-0.39, 0.29) is 23.4 Å². The smallest absolute Gasteiger partial charge is 0.409 e. The number of carbonyl (C=O) groups is 1. The number of carboxylic acids is 1. The van der Waals surface area contributed by atoms with Gasteiger partial charge in [-0.2, -0.15) is 12.7 Å². The molecule has 0 unspecified atom stereocenters. The zero-order valence-corrected chi connectivity index (χ0v) is 20.0. The number of aliphatic carboxylic acids is 1. The summed E-state index contributed by atoms with van der Waals surface area (Å²) in [6.45, 7) is 3.43. The van der Waals surface area contributed by atoms with Crippen molar-refractivity contribution in [3.05, 3.63) is 52.6 Å². The number of nitrogens with zero attached hydrogens (tertiary/aromatic N) is 3. The van der Waals surface area contributed by atoms with Gasteiger partial charge in [-0.15, -0.1) is 0 Å². The van der Waals surface area contributed by atoms with E-state index in [0.717, 1.165) is 10.6 Å². The minimum absolute atomic E-state index is 0.148. The molecule has 0 aliphatic heterocycles. The van der Waals surface area contributed by atoms with Crippen molar-refractivity contribution in [2.45, 2.75) is 44.8 Å². The van der Waals surface area contributed by atoms with Gasteiger partial charge in [-0.05, 0) is 30.3 Å². The van der Waals surface area contributed by atoms with Gasteiger partial charge < -0.3 is 20.5 Å². The Bertz CT molecular complexity index is 1170. The maximum absolute atomic E-state index is 13.5. The largest absolute Gasteiger partial charge is 0.740 e. The summed E-state index contributed by atoms with van der Waals surface area (Å²) >= 11 is 0. The Kier molecular flexibility index (Phi) is 8.70. The highest BCUT2D eigenvalue weighted by Gasteiger charge is 2.30. The third kappa shape index (κ3) is 6.72. The predicted octanol–water partition coefficient (Wildman–Crippen LogP) is 1.64. The lowest BCUT2D eigenvalue weighted by molar-refractivity contribution is -0.604. The molecule has 2 aromatic rings. The van der Waals surface area contributed by atoms with Gasteiger partial charge in [0.1, 0.15) is 5.82 Å². The number of anilines is 1. The summed E-state index contributed by atoms with van der Waals surface area (Å²) in [5.74, 6) is -2.54. The first-order chi connectivity index (χ1) is 15.7. The van der Waals surface area contributed by atoms with E-state index in [1.165, 1.54) is 43.5 Å². The van der Waals surface area contributed by atoms with Gasteiger partial charge in [0, 0.05) is 17.9 Å². The van der Waals surface area contributed by atoms with Crippen LogP contribution in [0.4, 0.5) is 10.3 Å². The van der Waals surface area contributed by atoms with E-state index in [0.29, 0.717) is 10.3 Å². The number of rotatable bonds is 10. The van der Waals surface area contributed by atoms with Gasteiger partial charge in [-0.3, -0.25) is 4.79 Å². The Labute approximate surface area is 197 Å². The van der Waals surface area contributed by atoms with Crippen molar-refractivity contribution in [3.63, 3.8) is 0 Å². The third-order valence-corrected chi connectivity index (χ3v) is 6.15. The van der Waals surface area contributed by atoms with E-state index < -0.39 is 52.3 Å². The van der Waals surface area contributed by atoms with Crippen LogP contribution in [0, 0.1) is 11.0 Å². The number of carboxylic acid groups (broad SMARTS) is 1. The fourth-order valence-electron chi connectivity index (χ4n) is 3.28. The maximum Gasteiger partial charge on any atom is 0.409 e. The molecule has 2 rings (SSSR count). The molecule has 3 N–H and O–H groups in total.